The van der Waals surface area contributed by atoms with Crippen LogP contribution in [0.25, 0.3) is 44.6 Å². The van der Waals surface area contributed by atoms with Crippen LogP contribution >= 0.6 is 0 Å². The molecule has 7 rings (SSSR count). The van der Waals surface area contributed by atoms with E-state index in [4.69, 9.17) is 0 Å². The molecule has 0 radical (unpaired) electrons. The van der Waals surface area contributed by atoms with Crippen LogP contribution in [-0.2, 0) is 23.2 Å². The summed E-state index contributed by atoms with van der Waals surface area (Å²) in [5, 5.41) is 3.90. The van der Waals surface area contributed by atoms with Crippen molar-refractivity contribution in [3.05, 3.63) is 128 Å². The molecule has 0 N–H and O–H groups in total. The van der Waals surface area contributed by atoms with Crippen LogP contribution in [0.3, 0.4) is 0 Å². The van der Waals surface area contributed by atoms with Crippen molar-refractivity contribution in [1.82, 2.24) is 4.57 Å². The fraction of sp³-hybridized carbons (Fsp3) is 0.211. The summed E-state index contributed by atoms with van der Waals surface area (Å²) in [5.41, 5.74) is 14.5. The molecular weight excluding hydrogens is 633 g/mol. The number of fused-ring (bicyclic) bond motifs is 3. The smallest absolute Gasteiger partial charge is 1.00 e. The van der Waals surface area contributed by atoms with Gasteiger partial charge in [-0.1, -0.05) is 0 Å². The molecule has 0 aliphatic heterocycles. The minimum atomic E-state index is -0.982. The van der Waals surface area contributed by atoms with Gasteiger partial charge in [0, 0.05) is 0 Å². The fourth-order valence-corrected chi connectivity index (χ4v) is 11.7. The van der Waals surface area contributed by atoms with E-state index in [9.17, 15) is 0 Å². The molecular formula is C38H35Cl2NZr. The van der Waals surface area contributed by atoms with Crippen LogP contribution in [-0.4, -0.2) is 4.57 Å². The van der Waals surface area contributed by atoms with Gasteiger partial charge in [-0.25, -0.2) is 0 Å². The minimum Gasteiger partial charge on any atom is -1.00 e. The quantitative estimate of drug-likeness (QED) is 0.263. The second-order valence-corrected chi connectivity index (χ2v) is 15.5. The molecule has 1 nitrogen and oxygen atoms in total. The predicted octanol–water partition coefficient (Wildman–Crippen LogP) is 4.65. The van der Waals surface area contributed by atoms with Crippen molar-refractivity contribution < 1.29 is 48.0 Å². The third-order valence-corrected chi connectivity index (χ3v) is 15.4. The van der Waals surface area contributed by atoms with Gasteiger partial charge in [-0.2, -0.15) is 0 Å². The van der Waals surface area contributed by atoms with E-state index in [0.717, 1.165) is 0 Å². The molecule has 0 spiro atoms. The average Bonchev–Trinajstić information content (AvgIpc) is 3.57. The molecule has 0 saturated carbocycles. The monoisotopic (exact) mass is 665 g/mol. The molecule has 1 unspecified atom stereocenters. The van der Waals surface area contributed by atoms with Crippen LogP contribution in [0.15, 0.2) is 117 Å². The Labute approximate surface area is 273 Å². The topological polar surface area (TPSA) is 4.93 Å². The SMILES string of the molecule is CC1=Cc2c(-c3cccc4ccccc34)cc(-n3ccc4ccccc43)cc2[CH]1[Zr+2][C]1=C(C)C(C)=C(C)C1(C)C.[Cl-].[Cl-]. The first-order valence-electron chi connectivity index (χ1n) is 14.3. The van der Waals surface area contributed by atoms with E-state index in [-0.39, 0.29) is 30.2 Å². The maximum Gasteiger partial charge on any atom is -1.00 e. The molecule has 4 heteroatoms. The van der Waals surface area contributed by atoms with Gasteiger partial charge in [-0.3, -0.25) is 0 Å². The summed E-state index contributed by atoms with van der Waals surface area (Å²) in [6.07, 6.45) is 4.76. The maximum absolute atomic E-state index is 2.51. The van der Waals surface area contributed by atoms with E-state index in [0.29, 0.717) is 3.63 Å². The molecule has 2 aliphatic carbocycles. The first kappa shape index (κ1) is 30.8. The van der Waals surface area contributed by atoms with E-state index < -0.39 is 23.2 Å². The van der Waals surface area contributed by atoms with Crippen LogP contribution < -0.4 is 24.8 Å². The molecule has 1 atom stereocenters. The van der Waals surface area contributed by atoms with Gasteiger partial charge in [0.25, 0.3) is 0 Å². The van der Waals surface area contributed by atoms with Crippen LogP contribution in [0.4, 0.5) is 0 Å². The molecule has 5 aromatic rings. The molecule has 0 fully saturated rings. The molecule has 42 heavy (non-hydrogen) atoms. The van der Waals surface area contributed by atoms with Gasteiger partial charge in [0.15, 0.2) is 0 Å². The number of benzene rings is 4. The number of rotatable bonds is 4. The molecule has 2 aliphatic rings. The molecule has 1 aromatic heterocycles. The van der Waals surface area contributed by atoms with Crippen molar-refractivity contribution >= 4 is 27.8 Å². The van der Waals surface area contributed by atoms with Crippen molar-refractivity contribution in [3.63, 3.8) is 0 Å². The Balaban J connectivity index is 0.00000176. The number of hydrogen-bond donors (Lipinski definition) is 0. The van der Waals surface area contributed by atoms with Crippen LogP contribution in [0, 0.1) is 5.41 Å². The van der Waals surface area contributed by atoms with Gasteiger partial charge in [0.05, 0.1) is 0 Å². The summed E-state index contributed by atoms with van der Waals surface area (Å²) in [4.78, 5) is 0. The van der Waals surface area contributed by atoms with Gasteiger partial charge >= 0.3 is 251 Å². The normalized spacial score (nSPS) is 17.2. The number of aromatic nitrogens is 1. The Morgan fingerprint density at radius 3 is 2.14 bits per heavy atom. The second kappa shape index (κ2) is 11.5. The van der Waals surface area contributed by atoms with Crippen molar-refractivity contribution in [2.45, 2.75) is 45.2 Å². The summed E-state index contributed by atoms with van der Waals surface area (Å²) < 4.78 is 4.69. The standard InChI is InChI=1S/C28H20N.C10H15.2ClH.Zr/c1-19-15-22-17-23(29-14-13-21-8-3-5-12-28(21)29)18-27(26(22)16-19)25-11-6-9-20-7-2-4-10-24(20)25;1-7-6-10(4,5)9(3)8(7)2;;;/h2-18H,1H3;1-5H3;2*1H;/q;;;;+2/p-2. The van der Waals surface area contributed by atoms with Crippen LogP contribution in [0.2, 0.25) is 0 Å². The summed E-state index contributed by atoms with van der Waals surface area (Å²) >= 11 is -0.982. The van der Waals surface area contributed by atoms with Gasteiger partial charge in [-0.05, 0) is 0 Å². The Hall–Kier alpha value is -2.64. The molecule has 0 bridgehead atoms. The Morgan fingerprint density at radius 2 is 1.40 bits per heavy atom. The zero-order valence-electron chi connectivity index (χ0n) is 25.0. The Bertz CT molecular complexity index is 1950. The average molecular weight is 668 g/mol. The molecule has 210 valence electrons. The second-order valence-electron chi connectivity index (χ2n) is 12.1. The number of allylic oxidation sites excluding steroid dienone is 5. The van der Waals surface area contributed by atoms with Gasteiger partial charge in [0.1, 0.15) is 0 Å². The number of nitrogens with zero attached hydrogens (tertiary/aromatic N) is 1. The van der Waals surface area contributed by atoms with Crippen LogP contribution in [0.5, 0.6) is 0 Å². The van der Waals surface area contributed by atoms with E-state index >= 15 is 0 Å². The first-order chi connectivity index (χ1) is 19.3. The maximum atomic E-state index is 2.51. The minimum absolute atomic E-state index is 0. The molecule has 1 heterocycles. The fourth-order valence-electron chi connectivity index (χ4n) is 6.96. The number of halogens is 2. The largest absolute Gasteiger partial charge is 1.00 e. The third kappa shape index (κ3) is 4.71. The zero-order valence-corrected chi connectivity index (χ0v) is 29.0. The van der Waals surface area contributed by atoms with E-state index in [1.54, 1.807) is 14.4 Å². The predicted molar refractivity (Wildman–Crippen MR) is 167 cm³/mol. The van der Waals surface area contributed by atoms with E-state index in [2.05, 4.69) is 143 Å². The van der Waals surface area contributed by atoms with Gasteiger partial charge in [0.2, 0.25) is 0 Å². The zero-order chi connectivity index (χ0) is 27.8. The number of para-hydroxylation sites is 1. The van der Waals surface area contributed by atoms with Gasteiger partial charge < -0.3 is 24.8 Å². The summed E-state index contributed by atoms with van der Waals surface area (Å²) in [7, 11) is 0. The molecule has 0 saturated heterocycles. The Morgan fingerprint density at radius 1 is 0.714 bits per heavy atom. The summed E-state index contributed by atoms with van der Waals surface area (Å²) in [6, 6.07) is 31.5. The van der Waals surface area contributed by atoms with Gasteiger partial charge in [-0.15, -0.1) is 0 Å². The van der Waals surface area contributed by atoms with E-state index in [1.165, 1.54) is 60.8 Å². The molecule has 4 aromatic carbocycles. The van der Waals surface area contributed by atoms with Crippen molar-refractivity contribution in [3.8, 4) is 16.8 Å². The first-order valence-corrected chi connectivity index (χ1v) is 17.0. The van der Waals surface area contributed by atoms with E-state index in [1.807, 2.05) is 0 Å². The Kier molecular flexibility index (Phi) is 8.41. The summed E-state index contributed by atoms with van der Waals surface area (Å²) in [5.74, 6) is 0. The number of hydrogen-bond acceptors (Lipinski definition) is 0. The van der Waals surface area contributed by atoms with Crippen molar-refractivity contribution in [1.29, 1.82) is 0 Å². The van der Waals surface area contributed by atoms with Crippen molar-refractivity contribution in [2.75, 3.05) is 0 Å². The van der Waals surface area contributed by atoms with Crippen LogP contribution in [0.1, 0.15) is 56.3 Å². The summed E-state index contributed by atoms with van der Waals surface area (Å²) in [6.45, 7) is 14.4. The van der Waals surface area contributed by atoms with Crippen molar-refractivity contribution in [2.24, 2.45) is 5.41 Å². The molecule has 0 amide bonds. The third-order valence-electron chi connectivity index (χ3n) is 9.64.